The summed E-state index contributed by atoms with van der Waals surface area (Å²) in [5.41, 5.74) is 0.674. The molecule has 0 radical (unpaired) electrons. The van der Waals surface area contributed by atoms with Gasteiger partial charge >= 0.3 is 0 Å². The maximum atomic E-state index is 12.8. The average molecular weight is 308 g/mol. The van der Waals surface area contributed by atoms with Crippen molar-refractivity contribution in [2.45, 2.75) is 39.5 Å². The lowest BCUT2D eigenvalue weighted by Crippen LogP contribution is -2.47. The largest absolute Gasteiger partial charge is 0.396 e. The van der Waals surface area contributed by atoms with E-state index in [4.69, 9.17) is 0 Å². The number of aliphatic hydroxyl groups excluding tert-OH is 1. The number of hydrogen-bond acceptors (Lipinski definition) is 4. The van der Waals surface area contributed by atoms with Crippen molar-refractivity contribution in [2.75, 3.05) is 19.7 Å². The summed E-state index contributed by atoms with van der Waals surface area (Å²) in [6, 6.07) is 0. The van der Waals surface area contributed by atoms with Crippen LogP contribution in [0, 0.1) is 12.3 Å². The van der Waals surface area contributed by atoms with Crippen LogP contribution in [0.1, 0.15) is 46.6 Å². The van der Waals surface area contributed by atoms with E-state index in [1.807, 2.05) is 24.8 Å². The van der Waals surface area contributed by atoms with E-state index in [0.717, 1.165) is 47.8 Å². The van der Waals surface area contributed by atoms with Gasteiger partial charge in [-0.15, -0.1) is 17.9 Å². The summed E-state index contributed by atoms with van der Waals surface area (Å²) in [6.07, 6.45) is 5.24. The van der Waals surface area contributed by atoms with Crippen molar-refractivity contribution < 1.29 is 9.90 Å². The monoisotopic (exact) mass is 308 g/mol. The van der Waals surface area contributed by atoms with Gasteiger partial charge in [0.15, 0.2) is 0 Å². The lowest BCUT2D eigenvalue weighted by Gasteiger charge is -2.41. The van der Waals surface area contributed by atoms with Crippen molar-refractivity contribution in [3.8, 4) is 0 Å². The van der Waals surface area contributed by atoms with Gasteiger partial charge < -0.3 is 10.0 Å². The molecule has 1 atom stereocenters. The van der Waals surface area contributed by atoms with Crippen molar-refractivity contribution in [3.05, 3.63) is 28.2 Å². The number of rotatable bonds is 5. The van der Waals surface area contributed by atoms with Crippen LogP contribution in [0.25, 0.3) is 0 Å². The van der Waals surface area contributed by atoms with Crippen LogP contribution in [-0.4, -0.2) is 40.6 Å². The minimum absolute atomic E-state index is 0.0686. The molecule has 21 heavy (non-hydrogen) atoms. The summed E-state index contributed by atoms with van der Waals surface area (Å²) >= 11 is 1.48. The van der Waals surface area contributed by atoms with Gasteiger partial charge in [0.1, 0.15) is 4.88 Å². The minimum Gasteiger partial charge on any atom is -0.396 e. The number of aromatic nitrogens is 1. The number of aliphatic hydroxyl groups is 1. The average Bonchev–Trinajstić information content (AvgIpc) is 2.88. The molecule has 1 fully saturated rings. The Morgan fingerprint density at radius 2 is 2.38 bits per heavy atom. The third-order valence-corrected chi connectivity index (χ3v) is 5.20. The number of aryl methyl sites for hydroxylation is 2. The van der Waals surface area contributed by atoms with Gasteiger partial charge in [0.05, 0.1) is 17.3 Å². The van der Waals surface area contributed by atoms with Gasteiger partial charge in [0.2, 0.25) is 0 Å². The molecular formula is C16H24N2O2S. The minimum atomic E-state index is -0.220. The first kappa shape index (κ1) is 16.2. The number of nitrogens with zero attached hydrogens (tertiary/aromatic N) is 2. The summed E-state index contributed by atoms with van der Waals surface area (Å²) in [4.78, 5) is 19.9. The van der Waals surface area contributed by atoms with E-state index in [0.29, 0.717) is 6.54 Å². The van der Waals surface area contributed by atoms with Gasteiger partial charge in [-0.2, -0.15) is 0 Å². The zero-order chi connectivity index (χ0) is 15.5. The molecule has 2 heterocycles. The zero-order valence-corrected chi connectivity index (χ0v) is 13.7. The number of carbonyl (C=O) groups is 1. The van der Waals surface area contributed by atoms with Crippen LogP contribution in [0.15, 0.2) is 12.7 Å². The highest BCUT2D eigenvalue weighted by Crippen LogP contribution is 2.34. The van der Waals surface area contributed by atoms with E-state index in [-0.39, 0.29) is 17.9 Å². The number of carbonyl (C=O) groups excluding carboxylic acids is 1. The molecule has 116 valence electrons. The smallest absolute Gasteiger partial charge is 0.265 e. The quantitative estimate of drug-likeness (QED) is 0.851. The highest BCUT2D eigenvalue weighted by molar-refractivity contribution is 7.13. The van der Waals surface area contributed by atoms with E-state index in [1.165, 1.54) is 11.3 Å². The molecule has 5 heteroatoms. The number of piperidine rings is 1. The third kappa shape index (κ3) is 3.35. The second-order valence-electron chi connectivity index (χ2n) is 5.84. The van der Waals surface area contributed by atoms with Gasteiger partial charge in [-0.05, 0) is 32.6 Å². The standard InChI is InChI=1S/C16H24N2O2S/c1-4-7-16(11-19)8-6-9-18(10-16)15(20)14-13(5-2)17-12(3)21-14/h4,19H,1,5-11H2,2-3H3/t16-/m0/s1. The molecule has 1 aliphatic heterocycles. The molecule has 0 aliphatic carbocycles. The van der Waals surface area contributed by atoms with Crippen molar-refractivity contribution >= 4 is 17.2 Å². The van der Waals surface area contributed by atoms with Gasteiger partial charge in [0.25, 0.3) is 5.91 Å². The Kier molecular flexibility index (Phi) is 5.17. The molecule has 0 bridgehead atoms. The van der Waals surface area contributed by atoms with E-state index >= 15 is 0 Å². The van der Waals surface area contributed by atoms with Crippen molar-refractivity contribution in [2.24, 2.45) is 5.41 Å². The highest BCUT2D eigenvalue weighted by atomic mass is 32.1. The molecule has 4 nitrogen and oxygen atoms in total. The van der Waals surface area contributed by atoms with E-state index in [2.05, 4.69) is 11.6 Å². The molecule has 0 unspecified atom stereocenters. The normalized spacial score (nSPS) is 22.3. The first-order chi connectivity index (χ1) is 10.0. The Bertz CT molecular complexity index is 526. The number of thiazole rings is 1. The van der Waals surface area contributed by atoms with Gasteiger partial charge in [-0.1, -0.05) is 13.0 Å². The fraction of sp³-hybridized carbons (Fsp3) is 0.625. The van der Waals surface area contributed by atoms with Crippen LogP contribution < -0.4 is 0 Å². The summed E-state index contributed by atoms with van der Waals surface area (Å²) in [5.74, 6) is 0.0686. The molecule has 2 rings (SSSR count). The Morgan fingerprint density at radius 1 is 1.62 bits per heavy atom. The zero-order valence-electron chi connectivity index (χ0n) is 12.9. The van der Waals surface area contributed by atoms with Crippen molar-refractivity contribution in [1.29, 1.82) is 0 Å². The SMILES string of the molecule is C=CC[C@]1(CO)CCCN(C(=O)c2sc(C)nc2CC)C1. The Morgan fingerprint density at radius 3 is 3.00 bits per heavy atom. The van der Waals surface area contributed by atoms with Crippen LogP contribution in [0.3, 0.4) is 0 Å². The second-order valence-corrected chi connectivity index (χ2v) is 7.05. The third-order valence-electron chi connectivity index (χ3n) is 4.19. The van der Waals surface area contributed by atoms with Crippen LogP contribution in [0.5, 0.6) is 0 Å². The number of likely N-dealkylation sites (tertiary alicyclic amines) is 1. The summed E-state index contributed by atoms with van der Waals surface area (Å²) in [6.45, 7) is 9.22. The van der Waals surface area contributed by atoms with E-state index in [9.17, 15) is 9.90 Å². The number of allylic oxidation sites excluding steroid dienone is 1. The molecular weight excluding hydrogens is 284 g/mol. The van der Waals surface area contributed by atoms with Crippen LogP contribution in [0.2, 0.25) is 0 Å². The molecule has 1 saturated heterocycles. The highest BCUT2D eigenvalue weighted by Gasteiger charge is 2.36. The fourth-order valence-electron chi connectivity index (χ4n) is 3.07. The Balaban J connectivity index is 2.20. The first-order valence-corrected chi connectivity index (χ1v) is 8.34. The molecule has 0 aromatic carbocycles. The summed E-state index contributed by atoms with van der Waals surface area (Å²) in [5, 5.41) is 10.7. The maximum absolute atomic E-state index is 12.8. The molecule has 1 amide bonds. The van der Waals surface area contributed by atoms with E-state index < -0.39 is 0 Å². The molecule has 1 aromatic rings. The van der Waals surface area contributed by atoms with Gasteiger partial charge in [-0.3, -0.25) is 4.79 Å². The lowest BCUT2D eigenvalue weighted by atomic mass is 9.78. The van der Waals surface area contributed by atoms with Crippen molar-refractivity contribution in [1.82, 2.24) is 9.88 Å². The number of amides is 1. The lowest BCUT2D eigenvalue weighted by molar-refractivity contribution is 0.0287. The molecule has 1 aromatic heterocycles. The van der Waals surface area contributed by atoms with E-state index in [1.54, 1.807) is 0 Å². The summed E-state index contributed by atoms with van der Waals surface area (Å²) in [7, 11) is 0. The van der Waals surface area contributed by atoms with Crippen LogP contribution >= 0.6 is 11.3 Å². The maximum Gasteiger partial charge on any atom is 0.265 e. The van der Waals surface area contributed by atoms with Crippen LogP contribution in [-0.2, 0) is 6.42 Å². The van der Waals surface area contributed by atoms with Crippen molar-refractivity contribution in [3.63, 3.8) is 0 Å². The molecule has 0 spiro atoms. The molecule has 1 N–H and O–H groups in total. The summed E-state index contributed by atoms with van der Waals surface area (Å²) < 4.78 is 0. The van der Waals surface area contributed by atoms with Crippen LogP contribution in [0.4, 0.5) is 0 Å². The Hall–Kier alpha value is -1.20. The van der Waals surface area contributed by atoms with Gasteiger partial charge in [0, 0.05) is 18.5 Å². The number of hydrogen-bond donors (Lipinski definition) is 1. The fourth-order valence-corrected chi connectivity index (χ4v) is 4.04. The predicted octanol–water partition coefficient (Wildman–Crippen LogP) is 2.80. The van der Waals surface area contributed by atoms with Gasteiger partial charge in [-0.25, -0.2) is 4.98 Å². The molecule has 0 saturated carbocycles. The predicted molar refractivity (Wildman–Crippen MR) is 85.7 cm³/mol. The molecule has 1 aliphatic rings. The second kappa shape index (κ2) is 6.71. The topological polar surface area (TPSA) is 53.4 Å². The Labute approximate surface area is 130 Å². The first-order valence-electron chi connectivity index (χ1n) is 7.52.